The molecule has 0 aliphatic rings. The van der Waals surface area contributed by atoms with E-state index in [1.807, 2.05) is 0 Å². The van der Waals surface area contributed by atoms with Crippen LogP contribution in [0.5, 0.6) is 0 Å². The summed E-state index contributed by atoms with van der Waals surface area (Å²) in [6, 6.07) is 0. The fourth-order valence-corrected chi connectivity index (χ4v) is 0.788. The fourth-order valence-electron chi connectivity index (χ4n) is 0.606. The number of aliphatic hydroxyl groups is 1. The third-order valence-electron chi connectivity index (χ3n) is 1.30. The highest BCUT2D eigenvalue weighted by molar-refractivity contribution is 7.81. The molecule has 0 bridgehead atoms. The Morgan fingerprint density at radius 3 is 2.56 bits per heavy atom. The predicted molar refractivity (Wildman–Crippen MR) is 43.7 cm³/mol. The van der Waals surface area contributed by atoms with Gasteiger partial charge in [-0.25, -0.2) is 0 Å². The van der Waals surface area contributed by atoms with E-state index >= 15 is 0 Å². The van der Waals surface area contributed by atoms with Crippen molar-refractivity contribution in [1.29, 1.82) is 0 Å². The van der Waals surface area contributed by atoms with Crippen molar-refractivity contribution in [2.24, 2.45) is 0 Å². The minimum absolute atomic E-state index is 0.0601. The summed E-state index contributed by atoms with van der Waals surface area (Å²) in [5.74, 6) is 0. The number of aliphatic hydroxyl groups excluding tert-OH is 1. The molecule has 1 N–H and O–H groups in total. The molecular weight excluding hydrogens is 132 g/mol. The second-order valence-corrected chi connectivity index (χ2v) is 2.94. The maximum atomic E-state index is 8.86. The first-order valence-electron chi connectivity index (χ1n) is 3.37. The van der Waals surface area contributed by atoms with Crippen LogP contribution in [0.4, 0.5) is 0 Å². The maximum Gasteiger partial charge on any atom is 0.0657 e. The molecule has 1 radical (unpaired) electrons. The lowest BCUT2D eigenvalue weighted by atomic mass is 10.1. The van der Waals surface area contributed by atoms with Crippen LogP contribution in [0, 0.1) is 6.92 Å². The molecule has 9 heavy (non-hydrogen) atoms. The molecule has 0 saturated carbocycles. The van der Waals surface area contributed by atoms with E-state index in [1.165, 1.54) is 0 Å². The molecular formula is C7H15OS. The van der Waals surface area contributed by atoms with Gasteiger partial charge in [-0.3, -0.25) is 0 Å². The molecule has 0 heterocycles. The maximum absolute atomic E-state index is 8.86. The third-order valence-corrected chi connectivity index (χ3v) is 1.90. The zero-order chi connectivity index (χ0) is 7.28. The Morgan fingerprint density at radius 2 is 2.22 bits per heavy atom. The van der Waals surface area contributed by atoms with Crippen molar-refractivity contribution >= 4 is 12.6 Å². The van der Waals surface area contributed by atoms with E-state index in [9.17, 15) is 0 Å². The van der Waals surface area contributed by atoms with Crippen molar-refractivity contribution in [3.05, 3.63) is 6.92 Å². The molecule has 0 aromatic heterocycles. The van der Waals surface area contributed by atoms with E-state index in [-0.39, 0.29) is 5.25 Å². The molecule has 0 saturated heterocycles. The summed E-state index contributed by atoms with van der Waals surface area (Å²) in [5, 5.41) is 8.92. The van der Waals surface area contributed by atoms with Gasteiger partial charge in [-0.2, -0.15) is 12.6 Å². The van der Waals surface area contributed by atoms with Crippen LogP contribution in [-0.4, -0.2) is 16.5 Å². The van der Waals surface area contributed by atoms with Crippen LogP contribution >= 0.6 is 12.6 Å². The molecule has 0 spiro atoms. The number of hydrogen-bond donors (Lipinski definition) is 2. The Morgan fingerprint density at radius 1 is 1.67 bits per heavy atom. The van der Waals surface area contributed by atoms with Crippen LogP contribution < -0.4 is 0 Å². The van der Waals surface area contributed by atoms with Gasteiger partial charge >= 0.3 is 0 Å². The number of unbranched alkanes of at least 4 members (excludes halogenated alkanes) is 1. The van der Waals surface area contributed by atoms with Crippen LogP contribution in [0.25, 0.3) is 0 Å². The van der Waals surface area contributed by atoms with E-state index in [2.05, 4.69) is 26.5 Å². The van der Waals surface area contributed by atoms with Crippen molar-refractivity contribution in [2.45, 2.75) is 37.5 Å². The van der Waals surface area contributed by atoms with Gasteiger partial charge in [0.1, 0.15) is 0 Å². The standard InChI is InChI=1S/C7H15OS/c1-3-4-5-7(9)6(2)8/h6-9H,2-5H2,1H3. The predicted octanol–water partition coefficient (Wildman–Crippen LogP) is 1.67. The molecule has 0 aliphatic heterocycles. The summed E-state index contributed by atoms with van der Waals surface area (Å²) in [7, 11) is 0. The number of thiol groups is 1. The van der Waals surface area contributed by atoms with Crippen LogP contribution in [-0.2, 0) is 0 Å². The van der Waals surface area contributed by atoms with Crippen LogP contribution in [0.3, 0.4) is 0 Å². The molecule has 2 atom stereocenters. The first-order chi connectivity index (χ1) is 4.18. The Kier molecular flexibility index (Phi) is 5.30. The molecule has 2 heteroatoms. The highest BCUT2D eigenvalue weighted by atomic mass is 32.1. The van der Waals surface area contributed by atoms with Gasteiger partial charge in [0.15, 0.2) is 0 Å². The molecule has 2 unspecified atom stereocenters. The number of hydrogen-bond acceptors (Lipinski definition) is 2. The average molecular weight is 147 g/mol. The molecule has 0 fully saturated rings. The lowest BCUT2D eigenvalue weighted by molar-refractivity contribution is 0.213. The van der Waals surface area contributed by atoms with E-state index in [1.54, 1.807) is 0 Å². The molecule has 0 rings (SSSR count). The van der Waals surface area contributed by atoms with Crippen molar-refractivity contribution < 1.29 is 5.11 Å². The Labute approximate surface area is 62.9 Å². The summed E-state index contributed by atoms with van der Waals surface area (Å²) >= 11 is 4.15. The van der Waals surface area contributed by atoms with Gasteiger partial charge in [-0.15, -0.1) is 0 Å². The minimum Gasteiger partial charge on any atom is -0.392 e. The summed E-state index contributed by atoms with van der Waals surface area (Å²) in [6.07, 6.45) is 2.73. The molecule has 0 aliphatic carbocycles. The largest absolute Gasteiger partial charge is 0.392 e. The van der Waals surface area contributed by atoms with Gasteiger partial charge in [0, 0.05) is 5.25 Å². The zero-order valence-electron chi connectivity index (χ0n) is 5.88. The monoisotopic (exact) mass is 147 g/mol. The molecule has 0 aromatic carbocycles. The van der Waals surface area contributed by atoms with E-state index in [0.29, 0.717) is 0 Å². The Balaban J connectivity index is 3.16. The zero-order valence-corrected chi connectivity index (χ0v) is 6.77. The average Bonchev–Trinajstić information content (AvgIpc) is 1.82. The van der Waals surface area contributed by atoms with Gasteiger partial charge in [0.25, 0.3) is 0 Å². The quantitative estimate of drug-likeness (QED) is 0.580. The van der Waals surface area contributed by atoms with Crippen molar-refractivity contribution in [1.82, 2.24) is 0 Å². The van der Waals surface area contributed by atoms with Crippen molar-refractivity contribution in [2.75, 3.05) is 0 Å². The molecule has 0 aromatic rings. The van der Waals surface area contributed by atoms with Crippen molar-refractivity contribution in [3.63, 3.8) is 0 Å². The third kappa shape index (κ3) is 4.79. The van der Waals surface area contributed by atoms with Crippen LogP contribution in [0.1, 0.15) is 26.2 Å². The highest BCUT2D eigenvalue weighted by Gasteiger charge is 2.07. The first kappa shape index (κ1) is 9.31. The van der Waals surface area contributed by atoms with E-state index < -0.39 is 6.10 Å². The summed E-state index contributed by atoms with van der Waals surface area (Å²) in [5.41, 5.74) is 0. The summed E-state index contributed by atoms with van der Waals surface area (Å²) in [6.45, 7) is 5.59. The summed E-state index contributed by atoms with van der Waals surface area (Å²) < 4.78 is 0. The minimum atomic E-state index is -0.514. The fraction of sp³-hybridized carbons (Fsp3) is 0.857. The lowest BCUT2D eigenvalue weighted by Gasteiger charge is -2.11. The van der Waals surface area contributed by atoms with Crippen molar-refractivity contribution in [3.8, 4) is 0 Å². The second-order valence-electron chi connectivity index (χ2n) is 2.28. The van der Waals surface area contributed by atoms with E-state index in [0.717, 1.165) is 19.3 Å². The van der Waals surface area contributed by atoms with Gasteiger partial charge in [0.2, 0.25) is 0 Å². The number of rotatable bonds is 4. The Hall–Kier alpha value is 0.310. The molecule has 0 amide bonds. The van der Waals surface area contributed by atoms with Gasteiger partial charge in [-0.1, -0.05) is 19.8 Å². The molecule has 1 nitrogen and oxygen atoms in total. The van der Waals surface area contributed by atoms with Gasteiger partial charge in [0.05, 0.1) is 6.10 Å². The van der Waals surface area contributed by atoms with E-state index in [4.69, 9.17) is 5.11 Å². The SMILES string of the molecule is [CH2]C(O)C(S)CCCC. The molecule has 55 valence electrons. The highest BCUT2D eigenvalue weighted by Crippen LogP contribution is 2.09. The lowest BCUT2D eigenvalue weighted by Crippen LogP contribution is -2.16. The topological polar surface area (TPSA) is 20.2 Å². The smallest absolute Gasteiger partial charge is 0.0657 e. The van der Waals surface area contributed by atoms with Crippen LogP contribution in [0.2, 0.25) is 0 Å². The second kappa shape index (κ2) is 5.12. The first-order valence-corrected chi connectivity index (χ1v) is 3.89. The van der Waals surface area contributed by atoms with Gasteiger partial charge < -0.3 is 5.11 Å². The normalized spacial score (nSPS) is 17.3. The summed E-state index contributed by atoms with van der Waals surface area (Å²) in [4.78, 5) is 0. The van der Waals surface area contributed by atoms with Gasteiger partial charge in [-0.05, 0) is 13.3 Å². The van der Waals surface area contributed by atoms with Crippen LogP contribution in [0.15, 0.2) is 0 Å². The Bertz CT molecular complexity index is 63.9.